The van der Waals surface area contributed by atoms with Crippen LogP contribution in [0.2, 0.25) is 0 Å². The molecule has 1 aliphatic heterocycles. The molecule has 0 spiro atoms. The molecule has 0 aromatic heterocycles. The fourth-order valence-electron chi connectivity index (χ4n) is 2.07. The van der Waals surface area contributed by atoms with E-state index < -0.39 is 5.97 Å². The minimum Gasteiger partial charge on any atom is -0.481 e. The number of hydrogen-bond acceptors (Lipinski definition) is 2. The second kappa shape index (κ2) is 4.61. The first-order chi connectivity index (χ1) is 7.65. The number of rotatable bonds is 3. The summed E-state index contributed by atoms with van der Waals surface area (Å²) in [4.78, 5) is 12.8. The highest BCUT2D eigenvalue weighted by Gasteiger charge is 2.27. The van der Waals surface area contributed by atoms with Gasteiger partial charge in [-0.1, -0.05) is 12.1 Å². The quantitative estimate of drug-likeness (QED) is 0.848. The zero-order valence-corrected chi connectivity index (χ0v) is 8.90. The molecule has 1 heterocycles. The van der Waals surface area contributed by atoms with Crippen LogP contribution in [0.4, 0.5) is 4.39 Å². The van der Waals surface area contributed by atoms with Crippen LogP contribution in [0.15, 0.2) is 24.3 Å². The average molecular weight is 223 g/mol. The third kappa shape index (κ3) is 2.58. The molecule has 1 fully saturated rings. The van der Waals surface area contributed by atoms with Crippen molar-refractivity contribution in [3.8, 4) is 0 Å². The van der Waals surface area contributed by atoms with Gasteiger partial charge in [0.15, 0.2) is 0 Å². The minimum absolute atomic E-state index is 0.244. The van der Waals surface area contributed by atoms with Gasteiger partial charge in [0.1, 0.15) is 5.82 Å². The predicted octanol–water partition coefficient (Wildman–Crippen LogP) is 1.73. The maximum Gasteiger partial charge on any atom is 0.307 e. The van der Waals surface area contributed by atoms with Gasteiger partial charge < -0.3 is 5.11 Å². The number of aliphatic carboxylic acids is 1. The van der Waals surface area contributed by atoms with Gasteiger partial charge in [0.2, 0.25) is 0 Å². The van der Waals surface area contributed by atoms with Crippen LogP contribution in [0.3, 0.4) is 0 Å². The first-order valence-electron chi connectivity index (χ1n) is 5.35. The lowest BCUT2D eigenvalue weighted by atomic mass is 10.1. The van der Waals surface area contributed by atoms with Crippen molar-refractivity contribution in [2.24, 2.45) is 5.92 Å². The van der Waals surface area contributed by atoms with E-state index in [0.717, 1.165) is 12.1 Å². The van der Waals surface area contributed by atoms with E-state index in [9.17, 15) is 9.18 Å². The molecule has 0 bridgehead atoms. The number of likely N-dealkylation sites (tertiary alicyclic amines) is 1. The molecule has 86 valence electrons. The van der Waals surface area contributed by atoms with Crippen LogP contribution in [-0.2, 0) is 11.3 Å². The monoisotopic (exact) mass is 223 g/mol. The SMILES string of the molecule is O=C(O)[C@@H]1CCN(Cc2cccc(F)c2)C1. The van der Waals surface area contributed by atoms with Crippen molar-refractivity contribution in [1.29, 1.82) is 0 Å². The van der Waals surface area contributed by atoms with Crippen LogP contribution in [-0.4, -0.2) is 29.1 Å². The van der Waals surface area contributed by atoms with Crippen molar-refractivity contribution in [2.45, 2.75) is 13.0 Å². The fraction of sp³-hybridized carbons (Fsp3) is 0.417. The Bertz CT molecular complexity index is 394. The normalized spacial score (nSPS) is 21.2. The van der Waals surface area contributed by atoms with Gasteiger partial charge in [-0.15, -0.1) is 0 Å². The highest BCUT2D eigenvalue weighted by atomic mass is 19.1. The molecule has 1 atom stereocenters. The summed E-state index contributed by atoms with van der Waals surface area (Å²) in [6.45, 7) is 1.96. The molecule has 2 rings (SSSR count). The first-order valence-corrected chi connectivity index (χ1v) is 5.35. The lowest BCUT2D eigenvalue weighted by Gasteiger charge is -2.14. The van der Waals surface area contributed by atoms with Gasteiger partial charge in [-0.2, -0.15) is 0 Å². The molecule has 0 aliphatic carbocycles. The molecule has 1 saturated heterocycles. The van der Waals surface area contributed by atoms with Gasteiger partial charge in [0.25, 0.3) is 0 Å². The number of carbonyl (C=O) groups is 1. The molecule has 0 amide bonds. The minimum atomic E-state index is -0.734. The van der Waals surface area contributed by atoms with Gasteiger partial charge in [-0.3, -0.25) is 9.69 Å². The highest BCUT2D eigenvalue weighted by molar-refractivity contribution is 5.70. The molecule has 3 nitrogen and oxygen atoms in total. The number of halogens is 1. The van der Waals surface area contributed by atoms with E-state index in [1.54, 1.807) is 6.07 Å². The van der Waals surface area contributed by atoms with E-state index in [0.29, 0.717) is 19.5 Å². The van der Waals surface area contributed by atoms with Crippen LogP contribution >= 0.6 is 0 Å². The lowest BCUT2D eigenvalue weighted by Crippen LogP contribution is -2.22. The van der Waals surface area contributed by atoms with Gasteiger partial charge in [0.05, 0.1) is 5.92 Å². The largest absolute Gasteiger partial charge is 0.481 e. The summed E-state index contributed by atoms with van der Waals surface area (Å²) < 4.78 is 12.9. The third-order valence-electron chi connectivity index (χ3n) is 2.92. The smallest absolute Gasteiger partial charge is 0.307 e. The maximum atomic E-state index is 12.9. The summed E-state index contributed by atoms with van der Waals surface area (Å²) in [5.41, 5.74) is 0.894. The van der Waals surface area contributed by atoms with Crippen LogP contribution in [0.1, 0.15) is 12.0 Å². The predicted molar refractivity (Wildman–Crippen MR) is 57.4 cm³/mol. The van der Waals surface area contributed by atoms with Crippen molar-refractivity contribution in [1.82, 2.24) is 4.90 Å². The van der Waals surface area contributed by atoms with Crippen LogP contribution in [0, 0.1) is 11.7 Å². The van der Waals surface area contributed by atoms with Crippen LogP contribution in [0.25, 0.3) is 0 Å². The molecule has 0 radical (unpaired) electrons. The van der Waals surface area contributed by atoms with Gasteiger partial charge in [0, 0.05) is 13.1 Å². The van der Waals surface area contributed by atoms with E-state index in [4.69, 9.17) is 5.11 Å². The van der Waals surface area contributed by atoms with Crippen molar-refractivity contribution in [2.75, 3.05) is 13.1 Å². The lowest BCUT2D eigenvalue weighted by molar-refractivity contribution is -0.141. The maximum absolute atomic E-state index is 12.9. The molecule has 0 saturated carbocycles. The fourth-order valence-corrected chi connectivity index (χ4v) is 2.07. The Balaban J connectivity index is 1.94. The Morgan fingerprint density at radius 3 is 3.00 bits per heavy atom. The standard InChI is InChI=1S/C12H14FNO2/c13-11-3-1-2-9(6-11)7-14-5-4-10(8-14)12(15)16/h1-3,6,10H,4-5,7-8H2,(H,15,16)/t10-/m1/s1. The Labute approximate surface area is 93.5 Å². The molecule has 4 heteroatoms. The van der Waals surface area contributed by atoms with E-state index in [1.807, 2.05) is 11.0 Å². The average Bonchev–Trinajstić information content (AvgIpc) is 2.66. The van der Waals surface area contributed by atoms with Crippen molar-refractivity contribution in [3.63, 3.8) is 0 Å². The molecule has 1 N–H and O–H groups in total. The number of hydrogen-bond donors (Lipinski definition) is 1. The van der Waals surface area contributed by atoms with Crippen LogP contribution in [0.5, 0.6) is 0 Å². The van der Waals surface area contributed by atoms with E-state index in [-0.39, 0.29) is 11.7 Å². The van der Waals surface area contributed by atoms with Gasteiger partial charge >= 0.3 is 5.97 Å². The molecule has 0 unspecified atom stereocenters. The van der Waals surface area contributed by atoms with E-state index in [1.165, 1.54) is 12.1 Å². The molecule has 1 aromatic rings. The summed E-state index contributed by atoms with van der Waals surface area (Å²) in [5.74, 6) is -1.25. The van der Waals surface area contributed by atoms with Gasteiger partial charge in [-0.25, -0.2) is 4.39 Å². The Morgan fingerprint density at radius 2 is 2.38 bits per heavy atom. The molecular weight excluding hydrogens is 209 g/mol. The summed E-state index contributed by atoms with van der Waals surface area (Å²) >= 11 is 0. The Kier molecular flexibility index (Phi) is 3.19. The molecule has 16 heavy (non-hydrogen) atoms. The highest BCUT2D eigenvalue weighted by Crippen LogP contribution is 2.18. The summed E-state index contributed by atoms with van der Waals surface area (Å²) in [6.07, 6.45) is 0.685. The second-order valence-electron chi connectivity index (χ2n) is 4.19. The zero-order valence-electron chi connectivity index (χ0n) is 8.90. The third-order valence-corrected chi connectivity index (χ3v) is 2.92. The van der Waals surface area contributed by atoms with Crippen molar-refractivity contribution in [3.05, 3.63) is 35.6 Å². The summed E-state index contributed by atoms with van der Waals surface area (Å²) in [6, 6.07) is 6.44. The first kappa shape index (κ1) is 11.1. The van der Waals surface area contributed by atoms with Gasteiger partial charge in [-0.05, 0) is 30.7 Å². The number of nitrogens with zero attached hydrogens (tertiary/aromatic N) is 1. The Morgan fingerprint density at radius 1 is 1.56 bits per heavy atom. The second-order valence-corrected chi connectivity index (χ2v) is 4.19. The van der Waals surface area contributed by atoms with Crippen molar-refractivity contribution < 1.29 is 14.3 Å². The van der Waals surface area contributed by atoms with Crippen LogP contribution < -0.4 is 0 Å². The van der Waals surface area contributed by atoms with Crippen molar-refractivity contribution >= 4 is 5.97 Å². The number of benzene rings is 1. The zero-order chi connectivity index (χ0) is 11.5. The molecule has 1 aromatic carbocycles. The number of carboxylic acid groups (broad SMARTS) is 1. The summed E-state index contributed by atoms with van der Waals surface area (Å²) in [7, 11) is 0. The van der Waals surface area contributed by atoms with E-state index >= 15 is 0 Å². The molecular formula is C12H14FNO2. The number of carboxylic acids is 1. The molecule has 1 aliphatic rings. The Hall–Kier alpha value is -1.42. The van der Waals surface area contributed by atoms with E-state index in [2.05, 4.69) is 0 Å². The topological polar surface area (TPSA) is 40.5 Å². The summed E-state index contributed by atoms with van der Waals surface area (Å²) in [5, 5.41) is 8.85.